The van der Waals surface area contributed by atoms with Crippen LogP contribution in [0.3, 0.4) is 0 Å². The maximum Gasteiger partial charge on any atom is 0.314 e. The number of nitrogens with zero attached hydrogens (tertiary/aromatic N) is 5. The van der Waals surface area contributed by atoms with Crippen molar-refractivity contribution in [3.05, 3.63) is 42.5 Å². The van der Waals surface area contributed by atoms with Gasteiger partial charge in [0.2, 0.25) is 0 Å². The molecule has 2 amide bonds. The Hall–Kier alpha value is -3.16. The summed E-state index contributed by atoms with van der Waals surface area (Å²) >= 11 is 0. The molecular weight excluding hydrogens is 318 g/mol. The van der Waals surface area contributed by atoms with Crippen LogP contribution in [0.2, 0.25) is 0 Å². The van der Waals surface area contributed by atoms with Crippen molar-refractivity contribution in [1.29, 1.82) is 0 Å². The lowest BCUT2D eigenvalue weighted by Crippen LogP contribution is -2.39. The van der Waals surface area contributed by atoms with Crippen molar-refractivity contribution in [2.24, 2.45) is 5.73 Å². The van der Waals surface area contributed by atoms with E-state index in [1.807, 2.05) is 12.1 Å². The number of nitrogens with one attached hydrogen (secondary N) is 1. The van der Waals surface area contributed by atoms with Crippen molar-refractivity contribution in [2.45, 2.75) is 11.8 Å². The number of carbonyl (C=O) groups is 1. The maximum atomic E-state index is 11.6. The third-order valence-corrected chi connectivity index (χ3v) is 5.35. The number of imidazole rings is 1. The van der Waals surface area contributed by atoms with Gasteiger partial charge in [-0.25, -0.2) is 19.7 Å². The van der Waals surface area contributed by atoms with Crippen LogP contribution in [0.4, 0.5) is 16.3 Å². The standard InChI is InChI=1S/C17H17N7O/c18-16(25)23-6-5-17(7-23)8-24(12-4-2-1-3-11(12)17)15-13-14(20-9-19-13)21-10-22-15/h1-4,9-10H,5-8H2,(H2,18,25)(H,19,20,21,22). The second-order valence-corrected chi connectivity index (χ2v) is 6.69. The van der Waals surface area contributed by atoms with Gasteiger partial charge in [0.05, 0.1) is 6.33 Å². The normalized spacial score (nSPS) is 22.1. The summed E-state index contributed by atoms with van der Waals surface area (Å²) in [5, 5.41) is 0. The van der Waals surface area contributed by atoms with E-state index in [1.165, 1.54) is 11.9 Å². The third-order valence-electron chi connectivity index (χ3n) is 5.35. The molecule has 3 aromatic rings. The molecule has 0 saturated carbocycles. The number of likely N-dealkylation sites (tertiary alicyclic amines) is 1. The topological polar surface area (TPSA) is 104 Å². The highest BCUT2D eigenvalue weighted by molar-refractivity contribution is 5.88. The van der Waals surface area contributed by atoms with Gasteiger partial charge in [0, 0.05) is 30.7 Å². The maximum absolute atomic E-state index is 11.6. The average Bonchev–Trinajstić information content (AvgIpc) is 3.34. The highest BCUT2D eigenvalue weighted by atomic mass is 16.2. The van der Waals surface area contributed by atoms with Crippen LogP contribution in [0.5, 0.6) is 0 Å². The fourth-order valence-corrected chi connectivity index (χ4v) is 4.19. The molecular formula is C17H17N7O. The molecule has 126 valence electrons. The van der Waals surface area contributed by atoms with Gasteiger partial charge in [-0.3, -0.25) is 0 Å². The van der Waals surface area contributed by atoms with Gasteiger partial charge in [-0.05, 0) is 18.1 Å². The fourth-order valence-electron chi connectivity index (χ4n) is 4.19. The summed E-state index contributed by atoms with van der Waals surface area (Å²) in [6, 6.07) is 7.96. The molecule has 2 aliphatic heterocycles. The Kier molecular flexibility index (Phi) is 2.79. The molecule has 2 aromatic heterocycles. The number of carbonyl (C=O) groups excluding carboxylic acids is 1. The van der Waals surface area contributed by atoms with Crippen LogP contribution < -0.4 is 10.6 Å². The Morgan fingerprint density at radius 2 is 2.08 bits per heavy atom. The van der Waals surface area contributed by atoms with Crippen LogP contribution >= 0.6 is 0 Å². The first-order valence-corrected chi connectivity index (χ1v) is 8.23. The number of nitrogens with two attached hydrogens (primary N) is 1. The molecule has 25 heavy (non-hydrogen) atoms. The minimum atomic E-state index is -0.356. The van der Waals surface area contributed by atoms with Crippen LogP contribution in [-0.4, -0.2) is 50.5 Å². The van der Waals surface area contributed by atoms with E-state index in [-0.39, 0.29) is 11.4 Å². The second-order valence-electron chi connectivity index (χ2n) is 6.69. The van der Waals surface area contributed by atoms with E-state index < -0.39 is 0 Å². The number of hydrogen-bond donors (Lipinski definition) is 2. The fraction of sp³-hybridized carbons (Fsp3) is 0.294. The number of hydrogen-bond acceptors (Lipinski definition) is 5. The van der Waals surface area contributed by atoms with Crippen molar-refractivity contribution in [3.63, 3.8) is 0 Å². The number of rotatable bonds is 1. The molecule has 1 fully saturated rings. The number of primary amides is 1. The number of benzene rings is 1. The Morgan fingerprint density at radius 3 is 2.92 bits per heavy atom. The van der Waals surface area contributed by atoms with Crippen LogP contribution in [0.1, 0.15) is 12.0 Å². The number of amides is 2. The van der Waals surface area contributed by atoms with Gasteiger partial charge in [-0.2, -0.15) is 0 Å². The molecule has 8 nitrogen and oxygen atoms in total. The lowest BCUT2D eigenvalue weighted by molar-refractivity contribution is 0.216. The summed E-state index contributed by atoms with van der Waals surface area (Å²) in [4.78, 5) is 31.6. The zero-order chi connectivity index (χ0) is 17.0. The van der Waals surface area contributed by atoms with Gasteiger partial charge in [-0.1, -0.05) is 18.2 Å². The highest BCUT2D eigenvalue weighted by Gasteiger charge is 2.48. The molecule has 0 aliphatic carbocycles. The van der Waals surface area contributed by atoms with Crippen LogP contribution in [0.15, 0.2) is 36.9 Å². The van der Waals surface area contributed by atoms with Gasteiger partial charge in [-0.15, -0.1) is 0 Å². The largest absolute Gasteiger partial charge is 0.351 e. The minimum Gasteiger partial charge on any atom is -0.351 e. The molecule has 1 unspecified atom stereocenters. The summed E-state index contributed by atoms with van der Waals surface area (Å²) in [6.07, 6.45) is 4.06. The number of anilines is 2. The molecule has 3 N–H and O–H groups in total. The molecule has 0 bridgehead atoms. The van der Waals surface area contributed by atoms with Gasteiger partial charge >= 0.3 is 6.03 Å². The molecule has 1 saturated heterocycles. The van der Waals surface area contributed by atoms with Crippen molar-refractivity contribution < 1.29 is 4.79 Å². The Labute approximate surface area is 143 Å². The van der Waals surface area contributed by atoms with E-state index in [2.05, 4.69) is 37.0 Å². The molecule has 4 heterocycles. The molecule has 1 spiro atoms. The second kappa shape index (κ2) is 4.92. The highest BCUT2D eigenvalue weighted by Crippen LogP contribution is 2.49. The van der Waals surface area contributed by atoms with E-state index in [4.69, 9.17) is 5.73 Å². The first kappa shape index (κ1) is 14.2. The summed E-state index contributed by atoms with van der Waals surface area (Å²) < 4.78 is 0. The van der Waals surface area contributed by atoms with Crippen LogP contribution in [0, 0.1) is 0 Å². The summed E-state index contributed by atoms with van der Waals surface area (Å²) in [7, 11) is 0. The van der Waals surface area contributed by atoms with Crippen molar-refractivity contribution in [1.82, 2.24) is 24.8 Å². The number of H-pyrrole nitrogens is 1. The minimum absolute atomic E-state index is 0.122. The molecule has 1 aromatic carbocycles. The third kappa shape index (κ3) is 1.93. The van der Waals surface area contributed by atoms with E-state index >= 15 is 0 Å². The van der Waals surface area contributed by atoms with Gasteiger partial charge in [0.15, 0.2) is 11.5 Å². The zero-order valence-electron chi connectivity index (χ0n) is 13.5. The summed E-state index contributed by atoms with van der Waals surface area (Å²) in [6.45, 7) is 2.06. The zero-order valence-corrected chi connectivity index (χ0v) is 13.5. The first-order valence-electron chi connectivity index (χ1n) is 8.23. The Bertz CT molecular complexity index is 984. The first-order chi connectivity index (χ1) is 12.2. The van der Waals surface area contributed by atoms with Gasteiger partial charge in [0.1, 0.15) is 11.8 Å². The summed E-state index contributed by atoms with van der Waals surface area (Å²) in [5.41, 5.74) is 9.21. The lowest BCUT2D eigenvalue weighted by atomic mass is 9.82. The number of fused-ring (bicyclic) bond motifs is 3. The van der Waals surface area contributed by atoms with Crippen molar-refractivity contribution >= 4 is 28.7 Å². The molecule has 2 aliphatic rings. The predicted molar refractivity (Wildman–Crippen MR) is 92.6 cm³/mol. The number of para-hydroxylation sites is 1. The van der Waals surface area contributed by atoms with E-state index in [0.29, 0.717) is 18.7 Å². The Morgan fingerprint density at radius 1 is 1.20 bits per heavy atom. The van der Waals surface area contributed by atoms with Gasteiger partial charge < -0.3 is 20.5 Å². The lowest BCUT2D eigenvalue weighted by Gasteiger charge is -2.25. The SMILES string of the molecule is NC(=O)N1CCC2(C1)CN(c1ncnc3nc[nH]c13)c1ccccc12. The predicted octanol–water partition coefficient (Wildman–Crippen LogP) is 1.53. The monoisotopic (exact) mass is 335 g/mol. The summed E-state index contributed by atoms with van der Waals surface area (Å²) in [5.74, 6) is 0.810. The smallest absolute Gasteiger partial charge is 0.314 e. The van der Waals surface area contributed by atoms with E-state index in [1.54, 1.807) is 11.2 Å². The van der Waals surface area contributed by atoms with Crippen molar-refractivity contribution in [2.75, 3.05) is 24.5 Å². The molecule has 8 heteroatoms. The van der Waals surface area contributed by atoms with Gasteiger partial charge in [0.25, 0.3) is 0 Å². The number of aromatic nitrogens is 4. The molecule has 0 radical (unpaired) electrons. The quantitative estimate of drug-likeness (QED) is 0.702. The molecule has 5 rings (SSSR count). The van der Waals surface area contributed by atoms with Crippen LogP contribution in [-0.2, 0) is 5.41 Å². The number of aromatic amines is 1. The average molecular weight is 335 g/mol. The Balaban J connectivity index is 1.64. The molecule has 1 atom stereocenters. The van der Waals surface area contributed by atoms with Crippen LogP contribution in [0.25, 0.3) is 11.2 Å². The number of urea groups is 1. The van der Waals surface area contributed by atoms with E-state index in [0.717, 1.165) is 30.0 Å². The van der Waals surface area contributed by atoms with E-state index in [9.17, 15) is 4.79 Å². The van der Waals surface area contributed by atoms with Crippen molar-refractivity contribution in [3.8, 4) is 0 Å².